The van der Waals surface area contributed by atoms with Crippen molar-refractivity contribution in [3.8, 4) is 0 Å². The van der Waals surface area contributed by atoms with Crippen molar-refractivity contribution in [2.24, 2.45) is 0 Å². The van der Waals surface area contributed by atoms with Crippen molar-refractivity contribution in [3.05, 3.63) is 0 Å². The fourth-order valence-corrected chi connectivity index (χ4v) is 8.03. The van der Waals surface area contributed by atoms with E-state index in [2.05, 4.69) is 24.0 Å². The minimum atomic E-state index is 1.17. The molecule has 1 rings (SSSR count). The number of unbranched alkanes of at least 4 members (excludes halogenated alkanes) is 24. The zero-order valence-corrected chi connectivity index (χ0v) is 27.4. The van der Waals surface area contributed by atoms with Crippen LogP contribution in [0.5, 0.6) is 0 Å². The predicted molar refractivity (Wildman–Crippen MR) is 173 cm³/mol. The predicted octanol–water partition coefficient (Wildman–Crippen LogP) is 12.9. The van der Waals surface area contributed by atoms with Gasteiger partial charge in [-0.1, -0.05) is 203 Å². The molecule has 0 saturated heterocycles. The summed E-state index contributed by atoms with van der Waals surface area (Å²) in [5, 5.41) is 8.82. The van der Waals surface area contributed by atoms with Crippen LogP contribution in [0, 0.1) is 0 Å². The summed E-state index contributed by atoms with van der Waals surface area (Å²) in [5.41, 5.74) is 0. The molecule has 0 atom stereocenters. The molecule has 0 aliphatic carbocycles. The van der Waals surface area contributed by atoms with Gasteiger partial charge in [0.05, 0.1) is 0 Å². The van der Waals surface area contributed by atoms with Crippen molar-refractivity contribution in [3.63, 3.8) is 0 Å². The van der Waals surface area contributed by atoms with Gasteiger partial charge in [0.2, 0.25) is 0 Å². The number of nitrogens with zero attached hydrogens (tertiary/aromatic N) is 2. The van der Waals surface area contributed by atoms with E-state index >= 15 is 0 Å². The highest BCUT2D eigenvalue weighted by Gasteiger charge is 2.05. The van der Waals surface area contributed by atoms with Gasteiger partial charge in [-0.2, -0.15) is 0 Å². The maximum absolute atomic E-state index is 4.41. The number of thioether (sulfide) groups is 2. The molecular formula is C32H62N2S3. The molecule has 1 heterocycles. The highest BCUT2D eigenvalue weighted by atomic mass is 32.2. The van der Waals surface area contributed by atoms with E-state index in [9.17, 15) is 0 Å². The Morgan fingerprint density at radius 2 is 0.622 bits per heavy atom. The van der Waals surface area contributed by atoms with Gasteiger partial charge in [0.1, 0.15) is 0 Å². The number of hydrogen-bond acceptors (Lipinski definition) is 5. The first-order chi connectivity index (χ1) is 18.4. The summed E-state index contributed by atoms with van der Waals surface area (Å²) in [6.45, 7) is 4.60. The lowest BCUT2D eigenvalue weighted by Gasteiger charge is -2.03. The number of hydrogen-bond donors (Lipinski definition) is 0. The Balaban J connectivity index is 1.81. The molecule has 0 aliphatic rings. The quantitative estimate of drug-likeness (QED) is 0.0678. The largest absolute Gasteiger partial charge is 0.175 e. The summed E-state index contributed by atoms with van der Waals surface area (Å²) in [6.07, 6.45) is 37.0. The Bertz CT molecular complexity index is 517. The van der Waals surface area contributed by atoms with E-state index in [0.717, 1.165) is 0 Å². The highest BCUT2D eigenvalue weighted by Crippen LogP contribution is 2.30. The van der Waals surface area contributed by atoms with Crippen molar-refractivity contribution in [1.29, 1.82) is 0 Å². The molecular weight excluding hydrogens is 509 g/mol. The van der Waals surface area contributed by atoms with E-state index in [1.807, 2.05) is 34.9 Å². The number of aromatic nitrogens is 2. The molecule has 0 aliphatic heterocycles. The molecule has 0 fully saturated rings. The monoisotopic (exact) mass is 570 g/mol. The molecule has 218 valence electrons. The zero-order valence-electron chi connectivity index (χ0n) is 24.9. The zero-order chi connectivity index (χ0) is 26.5. The van der Waals surface area contributed by atoms with Gasteiger partial charge in [0.15, 0.2) is 8.68 Å². The number of rotatable bonds is 30. The Morgan fingerprint density at radius 3 is 0.892 bits per heavy atom. The first-order valence-electron chi connectivity index (χ1n) is 16.5. The first kappa shape index (κ1) is 35.3. The van der Waals surface area contributed by atoms with Gasteiger partial charge in [-0.3, -0.25) is 0 Å². The van der Waals surface area contributed by atoms with Gasteiger partial charge in [-0.25, -0.2) is 0 Å². The molecule has 0 amide bonds. The fourth-order valence-electron chi connectivity index (χ4n) is 4.87. The van der Waals surface area contributed by atoms with Crippen LogP contribution in [-0.4, -0.2) is 21.7 Å². The first-order valence-corrected chi connectivity index (χ1v) is 19.2. The van der Waals surface area contributed by atoms with Gasteiger partial charge in [-0.05, 0) is 12.8 Å². The van der Waals surface area contributed by atoms with E-state index in [1.54, 1.807) is 0 Å². The van der Waals surface area contributed by atoms with Crippen LogP contribution in [0.15, 0.2) is 8.68 Å². The molecule has 1 aromatic rings. The highest BCUT2D eigenvalue weighted by molar-refractivity contribution is 8.03. The second-order valence-corrected chi connectivity index (χ2v) is 14.7. The Morgan fingerprint density at radius 1 is 0.378 bits per heavy atom. The Kier molecular flexibility index (Phi) is 27.9. The van der Waals surface area contributed by atoms with Crippen LogP contribution in [0.2, 0.25) is 0 Å². The third kappa shape index (κ3) is 25.0. The van der Waals surface area contributed by atoms with Crippen LogP contribution >= 0.6 is 34.9 Å². The molecule has 0 saturated carbocycles. The summed E-state index contributed by atoms with van der Waals surface area (Å²) >= 11 is 5.64. The van der Waals surface area contributed by atoms with Gasteiger partial charge >= 0.3 is 0 Å². The molecule has 0 radical (unpaired) electrons. The summed E-state index contributed by atoms with van der Waals surface area (Å²) in [6, 6.07) is 0. The third-order valence-electron chi connectivity index (χ3n) is 7.33. The van der Waals surface area contributed by atoms with Crippen LogP contribution in [0.3, 0.4) is 0 Å². The van der Waals surface area contributed by atoms with E-state index in [1.165, 1.54) is 187 Å². The molecule has 0 N–H and O–H groups in total. The molecule has 0 bridgehead atoms. The van der Waals surface area contributed by atoms with Crippen molar-refractivity contribution in [2.75, 3.05) is 11.5 Å². The van der Waals surface area contributed by atoms with Gasteiger partial charge in [-0.15, -0.1) is 10.2 Å². The fraction of sp³-hybridized carbons (Fsp3) is 0.938. The van der Waals surface area contributed by atoms with Gasteiger partial charge < -0.3 is 0 Å². The molecule has 37 heavy (non-hydrogen) atoms. The third-order valence-corrected chi connectivity index (χ3v) is 10.7. The van der Waals surface area contributed by atoms with Crippen LogP contribution < -0.4 is 0 Å². The van der Waals surface area contributed by atoms with Gasteiger partial charge in [0.25, 0.3) is 0 Å². The lowest BCUT2D eigenvalue weighted by molar-refractivity contribution is 0.543. The molecule has 0 aromatic carbocycles. The van der Waals surface area contributed by atoms with Gasteiger partial charge in [0, 0.05) is 11.5 Å². The Hall–Kier alpha value is 0.260. The van der Waals surface area contributed by atoms with Crippen molar-refractivity contribution >= 4 is 34.9 Å². The Labute approximate surface area is 245 Å². The summed E-state index contributed by atoms with van der Waals surface area (Å²) in [4.78, 5) is 0. The average Bonchev–Trinajstić information content (AvgIpc) is 3.36. The smallest absolute Gasteiger partial charge is 0.131 e. The van der Waals surface area contributed by atoms with Crippen LogP contribution in [0.1, 0.15) is 181 Å². The van der Waals surface area contributed by atoms with E-state index in [-0.39, 0.29) is 0 Å². The summed E-state index contributed by atoms with van der Waals surface area (Å²) in [5.74, 6) is 2.41. The summed E-state index contributed by atoms with van der Waals surface area (Å²) in [7, 11) is 0. The van der Waals surface area contributed by atoms with E-state index in [0.29, 0.717) is 0 Å². The van der Waals surface area contributed by atoms with Crippen molar-refractivity contribution < 1.29 is 0 Å². The van der Waals surface area contributed by atoms with Crippen molar-refractivity contribution in [2.45, 2.75) is 189 Å². The SMILES string of the molecule is CCCCCCCCCCCCCCCSc1nnc(SCCCCCCCCCCCCCCC)s1. The summed E-state index contributed by atoms with van der Waals surface area (Å²) < 4.78 is 2.35. The van der Waals surface area contributed by atoms with E-state index < -0.39 is 0 Å². The van der Waals surface area contributed by atoms with Crippen molar-refractivity contribution in [1.82, 2.24) is 10.2 Å². The maximum atomic E-state index is 4.41. The minimum Gasteiger partial charge on any atom is -0.131 e. The minimum absolute atomic E-state index is 1.17. The molecule has 1 aromatic heterocycles. The van der Waals surface area contributed by atoms with E-state index in [4.69, 9.17) is 0 Å². The van der Waals surface area contributed by atoms with Crippen LogP contribution in [0.25, 0.3) is 0 Å². The molecule has 0 unspecified atom stereocenters. The lowest BCUT2D eigenvalue weighted by Crippen LogP contribution is -1.84. The molecule has 0 spiro atoms. The average molecular weight is 571 g/mol. The molecule has 5 heteroatoms. The standard InChI is InChI=1S/C32H62N2S3/c1-3-5-7-9-11-13-15-17-19-21-23-25-27-29-35-31-33-34-32(37-31)36-30-28-26-24-22-20-18-16-14-12-10-8-6-4-2/h3-30H2,1-2H3. The second kappa shape index (κ2) is 29.2. The van der Waals surface area contributed by atoms with Crippen LogP contribution in [0.4, 0.5) is 0 Å². The molecule has 2 nitrogen and oxygen atoms in total. The second-order valence-electron chi connectivity index (χ2n) is 11.0. The maximum Gasteiger partial charge on any atom is 0.175 e. The lowest BCUT2D eigenvalue weighted by atomic mass is 10.1. The normalized spacial score (nSPS) is 11.5. The van der Waals surface area contributed by atoms with Crippen LogP contribution in [-0.2, 0) is 0 Å². The topological polar surface area (TPSA) is 25.8 Å².